The van der Waals surface area contributed by atoms with E-state index in [-0.39, 0.29) is 6.61 Å². The second-order valence-electron chi connectivity index (χ2n) is 5.29. The van der Waals surface area contributed by atoms with Gasteiger partial charge in [0.1, 0.15) is 0 Å². The molecule has 0 bridgehead atoms. The Labute approximate surface area is 129 Å². The van der Waals surface area contributed by atoms with Crippen LogP contribution in [0.3, 0.4) is 0 Å². The predicted molar refractivity (Wildman–Crippen MR) is 83.0 cm³/mol. The summed E-state index contributed by atoms with van der Waals surface area (Å²) in [6, 6.07) is 5.93. The van der Waals surface area contributed by atoms with Crippen molar-refractivity contribution in [3.8, 4) is 22.8 Å². The van der Waals surface area contributed by atoms with Gasteiger partial charge >= 0.3 is 0 Å². The van der Waals surface area contributed by atoms with Crippen molar-refractivity contribution < 1.29 is 14.6 Å². The molecule has 0 atom stereocenters. The second kappa shape index (κ2) is 6.81. The summed E-state index contributed by atoms with van der Waals surface area (Å²) in [6.07, 6.45) is 2.88. The van der Waals surface area contributed by atoms with Crippen molar-refractivity contribution >= 4 is 0 Å². The van der Waals surface area contributed by atoms with Gasteiger partial charge in [-0.2, -0.15) is 5.10 Å². The molecule has 22 heavy (non-hydrogen) atoms. The van der Waals surface area contributed by atoms with Crippen molar-refractivity contribution in [2.24, 2.45) is 7.05 Å². The fourth-order valence-corrected chi connectivity index (χ4v) is 2.52. The summed E-state index contributed by atoms with van der Waals surface area (Å²) in [5, 5.41) is 16.6. The zero-order chi connectivity index (χ0) is 15.4. The van der Waals surface area contributed by atoms with Crippen molar-refractivity contribution in [2.45, 2.75) is 13.0 Å². The maximum atomic E-state index is 8.88. The number of aliphatic hydroxyl groups excluding tert-OH is 1. The smallest absolute Gasteiger partial charge is 0.161 e. The van der Waals surface area contributed by atoms with E-state index in [0.29, 0.717) is 26.3 Å². The molecular formula is C16H21N3O3. The Morgan fingerprint density at radius 2 is 2.09 bits per heavy atom. The van der Waals surface area contributed by atoms with Gasteiger partial charge in [0.2, 0.25) is 0 Å². The Bertz CT molecular complexity index is 640. The molecule has 2 N–H and O–H groups in total. The van der Waals surface area contributed by atoms with Crippen molar-refractivity contribution in [3.05, 3.63) is 30.0 Å². The summed E-state index contributed by atoms with van der Waals surface area (Å²) in [4.78, 5) is 0. The van der Waals surface area contributed by atoms with Gasteiger partial charge < -0.3 is 19.9 Å². The highest BCUT2D eigenvalue weighted by Gasteiger charge is 2.15. The van der Waals surface area contributed by atoms with Crippen LogP contribution in [0.15, 0.2) is 24.4 Å². The molecule has 0 fully saturated rings. The summed E-state index contributed by atoms with van der Waals surface area (Å²) in [6.45, 7) is 2.71. The minimum atomic E-state index is 0.125. The molecule has 1 aliphatic rings. The summed E-state index contributed by atoms with van der Waals surface area (Å²) in [7, 11) is 1.90. The molecule has 1 aromatic carbocycles. The molecule has 3 rings (SSSR count). The number of ether oxygens (including phenoxy) is 2. The Morgan fingerprint density at radius 1 is 1.27 bits per heavy atom. The van der Waals surface area contributed by atoms with Crippen LogP contribution in [0.2, 0.25) is 0 Å². The van der Waals surface area contributed by atoms with E-state index in [1.165, 1.54) is 0 Å². The molecular weight excluding hydrogens is 282 g/mol. The van der Waals surface area contributed by atoms with Crippen molar-refractivity contribution in [2.75, 3.05) is 26.4 Å². The Kier molecular flexibility index (Phi) is 4.60. The molecule has 6 heteroatoms. The Balaban J connectivity index is 1.88. The van der Waals surface area contributed by atoms with Crippen LogP contribution in [0.5, 0.6) is 11.5 Å². The summed E-state index contributed by atoms with van der Waals surface area (Å²) < 4.78 is 13.2. The number of aliphatic hydroxyl groups is 1. The lowest BCUT2D eigenvalue weighted by molar-refractivity contribution is 0.292. The van der Waals surface area contributed by atoms with E-state index < -0.39 is 0 Å². The highest BCUT2D eigenvalue weighted by molar-refractivity contribution is 5.66. The van der Waals surface area contributed by atoms with Crippen LogP contribution in [0.1, 0.15) is 12.0 Å². The SMILES string of the molecule is Cn1cc(CNCCO)c(-c2ccc3c(c2)OCCCO3)n1. The summed E-state index contributed by atoms with van der Waals surface area (Å²) in [5.41, 5.74) is 3.01. The monoisotopic (exact) mass is 303 g/mol. The van der Waals surface area contributed by atoms with Crippen LogP contribution in [-0.4, -0.2) is 41.3 Å². The molecule has 0 saturated heterocycles. The molecule has 6 nitrogen and oxygen atoms in total. The molecule has 0 aliphatic carbocycles. The standard InChI is InChI=1S/C16H21N3O3/c1-19-11-13(10-17-5-6-20)16(18-19)12-3-4-14-15(9-12)22-8-2-7-21-14/h3-4,9,11,17,20H,2,5-8,10H2,1H3. The first-order valence-electron chi connectivity index (χ1n) is 7.52. The average molecular weight is 303 g/mol. The van der Waals surface area contributed by atoms with E-state index >= 15 is 0 Å². The first-order chi connectivity index (χ1) is 10.8. The highest BCUT2D eigenvalue weighted by atomic mass is 16.5. The molecule has 0 spiro atoms. The molecule has 0 unspecified atom stereocenters. The maximum Gasteiger partial charge on any atom is 0.161 e. The van der Waals surface area contributed by atoms with Gasteiger partial charge in [0.05, 0.1) is 25.5 Å². The van der Waals surface area contributed by atoms with Crippen LogP contribution in [0.4, 0.5) is 0 Å². The van der Waals surface area contributed by atoms with Gasteiger partial charge in [0.25, 0.3) is 0 Å². The third-order valence-corrected chi connectivity index (χ3v) is 3.53. The van der Waals surface area contributed by atoms with Crippen LogP contribution < -0.4 is 14.8 Å². The summed E-state index contributed by atoms with van der Waals surface area (Å²) >= 11 is 0. The number of hydrogen-bond donors (Lipinski definition) is 2. The lowest BCUT2D eigenvalue weighted by Gasteiger charge is -2.09. The summed E-state index contributed by atoms with van der Waals surface area (Å²) in [5.74, 6) is 1.56. The van der Waals surface area contributed by atoms with Crippen molar-refractivity contribution in [1.82, 2.24) is 15.1 Å². The van der Waals surface area contributed by atoms with Crippen LogP contribution in [0, 0.1) is 0 Å². The molecule has 1 aromatic heterocycles. The van der Waals surface area contributed by atoms with Crippen molar-refractivity contribution in [3.63, 3.8) is 0 Å². The van der Waals surface area contributed by atoms with Gasteiger partial charge in [-0.15, -0.1) is 0 Å². The number of fused-ring (bicyclic) bond motifs is 1. The minimum Gasteiger partial charge on any atom is -0.490 e. The minimum absolute atomic E-state index is 0.125. The molecule has 1 aliphatic heterocycles. The Hall–Kier alpha value is -2.05. The van der Waals surface area contributed by atoms with Gasteiger partial charge in [-0.3, -0.25) is 4.68 Å². The van der Waals surface area contributed by atoms with E-state index in [1.54, 1.807) is 4.68 Å². The fraction of sp³-hybridized carbons (Fsp3) is 0.438. The highest BCUT2D eigenvalue weighted by Crippen LogP contribution is 2.34. The molecule has 2 aromatic rings. The number of benzene rings is 1. The number of aryl methyl sites for hydroxylation is 1. The lowest BCUT2D eigenvalue weighted by atomic mass is 10.1. The normalized spacial score (nSPS) is 13.9. The van der Waals surface area contributed by atoms with E-state index in [1.807, 2.05) is 31.4 Å². The lowest BCUT2D eigenvalue weighted by Crippen LogP contribution is -2.17. The number of nitrogens with one attached hydrogen (secondary N) is 1. The Morgan fingerprint density at radius 3 is 2.91 bits per heavy atom. The molecule has 0 radical (unpaired) electrons. The van der Waals surface area contributed by atoms with E-state index in [9.17, 15) is 0 Å². The third-order valence-electron chi connectivity index (χ3n) is 3.53. The third kappa shape index (κ3) is 3.23. The molecule has 118 valence electrons. The maximum absolute atomic E-state index is 8.88. The number of nitrogens with zero attached hydrogens (tertiary/aromatic N) is 2. The zero-order valence-electron chi connectivity index (χ0n) is 12.7. The predicted octanol–water partition coefficient (Wildman–Crippen LogP) is 1.33. The van der Waals surface area contributed by atoms with Gasteiger partial charge in [-0.1, -0.05) is 0 Å². The molecule has 0 amide bonds. The topological polar surface area (TPSA) is 68.5 Å². The van der Waals surface area contributed by atoms with Gasteiger partial charge in [-0.05, 0) is 18.2 Å². The van der Waals surface area contributed by atoms with Crippen LogP contribution in [0.25, 0.3) is 11.3 Å². The first-order valence-corrected chi connectivity index (χ1v) is 7.52. The molecule has 0 saturated carbocycles. The first kappa shape index (κ1) is 14.9. The number of aromatic nitrogens is 2. The quantitative estimate of drug-likeness (QED) is 0.816. The van der Waals surface area contributed by atoms with Gasteiger partial charge in [0, 0.05) is 43.9 Å². The van der Waals surface area contributed by atoms with Crippen LogP contribution in [-0.2, 0) is 13.6 Å². The van der Waals surface area contributed by atoms with E-state index in [4.69, 9.17) is 14.6 Å². The van der Waals surface area contributed by atoms with Gasteiger partial charge in [-0.25, -0.2) is 0 Å². The average Bonchev–Trinajstić information content (AvgIpc) is 2.74. The van der Waals surface area contributed by atoms with Crippen LogP contribution >= 0.6 is 0 Å². The number of hydrogen-bond acceptors (Lipinski definition) is 5. The van der Waals surface area contributed by atoms with Gasteiger partial charge in [0.15, 0.2) is 11.5 Å². The molecule has 2 heterocycles. The number of rotatable bonds is 5. The second-order valence-corrected chi connectivity index (χ2v) is 5.29. The zero-order valence-corrected chi connectivity index (χ0v) is 12.7. The fourth-order valence-electron chi connectivity index (χ4n) is 2.52. The van der Waals surface area contributed by atoms with E-state index in [2.05, 4.69) is 10.4 Å². The largest absolute Gasteiger partial charge is 0.490 e. The van der Waals surface area contributed by atoms with Crippen molar-refractivity contribution in [1.29, 1.82) is 0 Å². The van der Waals surface area contributed by atoms with E-state index in [0.717, 1.165) is 34.7 Å².